The SMILES string of the molecule is CCC(C)(C)CCOc1ccc2cc(OCc3ccccc3)c(N3CC(=O)NS3(=O)=O)c(F)c2c1. The molecule has 0 radical (unpaired) electrons. The number of carbonyl (C=O) groups is 1. The van der Waals surface area contributed by atoms with Crippen LogP contribution in [0.2, 0.25) is 0 Å². The summed E-state index contributed by atoms with van der Waals surface area (Å²) in [4.78, 5) is 11.9. The van der Waals surface area contributed by atoms with E-state index in [9.17, 15) is 13.2 Å². The largest absolute Gasteiger partial charge is 0.494 e. The number of fused-ring (bicyclic) bond motifs is 1. The molecule has 1 amide bonds. The molecule has 1 fully saturated rings. The summed E-state index contributed by atoms with van der Waals surface area (Å²) in [7, 11) is -4.25. The third-order valence-corrected chi connectivity index (χ3v) is 7.68. The van der Waals surface area contributed by atoms with Gasteiger partial charge in [0, 0.05) is 5.39 Å². The van der Waals surface area contributed by atoms with E-state index >= 15 is 4.39 Å². The van der Waals surface area contributed by atoms with Crippen molar-refractivity contribution < 1.29 is 27.1 Å². The van der Waals surface area contributed by atoms with Crippen molar-refractivity contribution >= 4 is 32.6 Å². The minimum absolute atomic E-state index is 0.0253. The highest BCUT2D eigenvalue weighted by Gasteiger charge is 2.38. The molecule has 1 aliphatic heterocycles. The topological polar surface area (TPSA) is 84.9 Å². The molecule has 3 aromatic carbocycles. The second-order valence-corrected chi connectivity index (χ2v) is 10.9. The number of ether oxygens (including phenoxy) is 2. The molecule has 0 aromatic heterocycles. The smallest absolute Gasteiger partial charge is 0.326 e. The highest BCUT2D eigenvalue weighted by molar-refractivity contribution is 7.92. The summed E-state index contributed by atoms with van der Waals surface area (Å²) in [6, 6.07) is 15.8. The minimum atomic E-state index is -4.25. The van der Waals surface area contributed by atoms with Crippen LogP contribution >= 0.6 is 0 Å². The zero-order valence-corrected chi connectivity index (χ0v) is 20.8. The van der Waals surface area contributed by atoms with Crippen LogP contribution in [0, 0.1) is 11.2 Å². The molecule has 1 saturated heterocycles. The Morgan fingerprint density at radius 2 is 1.83 bits per heavy atom. The standard InChI is InChI=1S/C26H29FN2O5S/c1-4-26(2,3)12-13-33-20-11-10-19-14-22(34-17-18-8-6-5-7-9-18)25(24(27)21(19)15-20)29-16-23(30)28-35(29,31)32/h5-11,14-15H,4,12-13,16-17H2,1-3H3,(H,28,30). The van der Waals surface area contributed by atoms with Gasteiger partial charge in [0.25, 0.3) is 5.91 Å². The Bertz CT molecular complexity index is 1340. The molecule has 7 nitrogen and oxygen atoms in total. The lowest BCUT2D eigenvalue weighted by Crippen LogP contribution is -2.30. The van der Waals surface area contributed by atoms with Crippen LogP contribution in [-0.4, -0.2) is 27.5 Å². The summed E-state index contributed by atoms with van der Waals surface area (Å²) >= 11 is 0. The van der Waals surface area contributed by atoms with Gasteiger partial charge in [-0.25, -0.2) is 13.4 Å². The maximum Gasteiger partial charge on any atom is 0.326 e. The molecule has 0 aliphatic carbocycles. The van der Waals surface area contributed by atoms with Crippen molar-refractivity contribution in [1.82, 2.24) is 4.72 Å². The van der Waals surface area contributed by atoms with E-state index in [0.717, 1.165) is 18.4 Å². The molecule has 4 rings (SSSR count). The zero-order chi connectivity index (χ0) is 25.2. The van der Waals surface area contributed by atoms with Gasteiger partial charge < -0.3 is 9.47 Å². The van der Waals surface area contributed by atoms with Crippen LogP contribution in [0.15, 0.2) is 54.6 Å². The number of amides is 1. The van der Waals surface area contributed by atoms with Gasteiger partial charge in [0.05, 0.1) is 6.61 Å². The molecule has 1 N–H and O–H groups in total. The first-order valence-corrected chi connectivity index (χ1v) is 12.9. The number of hydrogen-bond donors (Lipinski definition) is 1. The van der Waals surface area contributed by atoms with Crippen molar-refractivity contribution in [2.45, 2.75) is 40.2 Å². The van der Waals surface area contributed by atoms with E-state index < -0.39 is 28.5 Å². The predicted molar refractivity (Wildman–Crippen MR) is 133 cm³/mol. The van der Waals surface area contributed by atoms with E-state index in [0.29, 0.717) is 22.0 Å². The zero-order valence-electron chi connectivity index (χ0n) is 20.0. The van der Waals surface area contributed by atoms with E-state index in [1.54, 1.807) is 24.3 Å². The first kappa shape index (κ1) is 24.8. The molecule has 186 valence electrons. The van der Waals surface area contributed by atoms with Crippen molar-refractivity contribution in [3.63, 3.8) is 0 Å². The number of rotatable bonds is 9. The molecule has 35 heavy (non-hydrogen) atoms. The summed E-state index contributed by atoms with van der Waals surface area (Å²) in [5.74, 6) is -1.04. The van der Waals surface area contributed by atoms with Gasteiger partial charge in [-0.15, -0.1) is 0 Å². The highest BCUT2D eigenvalue weighted by Crippen LogP contribution is 2.40. The van der Waals surface area contributed by atoms with E-state index in [4.69, 9.17) is 9.47 Å². The number of benzene rings is 3. The van der Waals surface area contributed by atoms with Crippen LogP contribution in [0.3, 0.4) is 0 Å². The van der Waals surface area contributed by atoms with Gasteiger partial charge in [-0.1, -0.05) is 63.6 Å². The number of halogens is 1. The monoisotopic (exact) mass is 500 g/mol. The summed E-state index contributed by atoms with van der Waals surface area (Å²) < 4.78 is 55.4. The van der Waals surface area contributed by atoms with Crippen molar-refractivity contribution in [1.29, 1.82) is 0 Å². The van der Waals surface area contributed by atoms with Gasteiger partial charge in [-0.2, -0.15) is 8.42 Å². The Kier molecular flexibility index (Phi) is 6.89. The fourth-order valence-corrected chi connectivity index (χ4v) is 4.89. The lowest BCUT2D eigenvalue weighted by atomic mass is 9.87. The fraction of sp³-hybridized carbons (Fsp3) is 0.346. The molecule has 9 heteroatoms. The maximum absolute atomic E-state index is 15.9. The second-order valence-electron chi connectivity index (χ2n) is 9.35. The average Bonchev–Trinajstić information content (AvgIpc) is 3.10. The Labute approximate surface area is 205 Å². The van der Waals surface area contributed by atoms with Crippen molar-refractivity contribution in [2.75, 3.05) is 17.5 Å². The first-order chi connectivity index (χ1) is 16.6. The molecule has 0 atom stereocenters. The molecule has 0 saturated carbocycles. The van der Waals surface area contributed by atoms with Crippen molar-refractivity contribution in [3.8, 4) is 11.5 Å². The molecule has 3 aromatic rings. The Hall–Kier alpha value is -3.33. The van der Waals surface area contributed by atoms with Crippen LogP contribution in [0.25, 0.3) is 10.8 Å². The van der Waals surface area contributed by atoms with Crippen molar-refractivity contribution in [2.24, 2.45) is 5.41 Å². The van der Waals surface area contributed by atoms with Gasteiger partial charge in [0.2, 0.25) is 0 Å². The van der Waals surface area contributed by atoms with Gasteiger partial charge in [0.1, 0.15) is 30.3 Å². The van der Waals surface area contributed by atoms with Crippen LogP contribution in [-0.2, 0) is 21.6 Å². The molecule has 0 bridgehead atoms. The van der Waals surface area contributed by atoms with Crippen LogP contribution < -0.4 is 18.5 Å². The predicted octanol–water partition coefficient (Wildman–Crippen LogP) is 4.94. The second kappa shape index (κ2) is 9.73. The summed E-state index contributed by atoms with van der Waals surface area (Å²) in [5.41, 5.74) is 0.649. The van der Waals surface area contributed by atoms with Gasteiger partial charge in [-0.3, -0.25) is 4.79 Å². The number of anilines is 1. The lowest BCUT2D eigenvalue weighted by Gasteiger charge is -2.23. The summed E-state index contributed by atoms with van der Waals surface area (Å²) in [5, 5.41) is 0.695. The van der Waals surface area contributed by atoms with E-state index in [2.05, 4.69) is 20.8 Å². The number of nitrogens with one attached hydrogen (secondary N) is 1. The molecular formula is C26H29FN2O5S. The Morgan fingerprint density at radius 1 is 1.09 bits per heavy atom. The van der Waals surface area contributed by atoms with Crippen LogP contribution in [0.5, 0.6) is 11.5 Å². The third-order valence-electron chi connectivity index (χ3n) is 6.30. The summed E-state index contributed by atoms with van der Waals surface area (Å²) in [6.07, 6.45) is 1.84. The highest BCUT2D eigenvalue weighted by atomic mass is 32.2. The Balaban J connectivity index is 1.72. The van der Waals surface area contributed by atoms with Gasteiger partial charge in [0.15, 0.2) is 5.82 Å². The van der Waals surface area contributed by atoms with Crippen LogP contribution in [0.1, 0.15) is 39.2 Å². The van der Waals surface area contributed by atoms with Gasteiger partial charge in [-0.05, 0) is 41.0 Å². The Morgan fingerprint density at radius 3 is 2.49 bits per heavy atom. The molecule has 0 spiro atoms. The number of nitrogens with zero attached hydrogens (tertiary/aromatic N) is 1. The van der Waals surface area contributed by atoms with Gasteiger partial charge >= 0.3 is 10.2 Å². The van der Waals surface area contributed by atoms with Crippen LogP contribution in [0.4, 0.5) is 10.1 Å². The van der Waals surface area contributed by atoms with E-state index in [-0.39, 0.29) is 28.8 Å². The normalized spacial score (nSPS) is 15.3. The van der Waals surface area contributed by atoms with Crippen molar-refractivity contribution in [3.05, 3.63) is 66.0 Å². The lowest BCUT2D eigenvalue weighted by molar-refractivity contribution is -0.117. The number of carbonyl (C=O) groups excluding carboxylic acids is 1. The molecule has 0 unspecified atom stereocenters. The minimum Gasteiger partial charge on any atom is -0.494 e. The molecule has 1 aliphatic rings. The average molecular weight is 501 g/mol. The van der Waals surface area contributed by atoms with E-state index in [1.807, 2.05) is 35.1 Å². The van der Waals surface area contributed by atoms with E-state index in [1.165, 1.54) is 0 Å². The molecular weight excluding hydrogens is 471 g/mol. The summed E-state index contributed by atoms with van der Waals surface area (Å²) in [6.45, 7) is 6.47. The third kappa shape index (κ3) is 5.51. The fourth-order valence-electron chi connectivity index (χ4n) is 3.73. The first-order valence-electron chi connectivity index (χ1n) is 11.5. The maximum atomic E-state index is 15.9. The quantitative estimate of drug-likeness (QED) is 0.450. The number of hydrogen-bond acceptors (Lipinski definition) is 5. The molecule has 1 heterocycles.